The molecule has 1 aliphatic rings. The average molecular weight is 530 g/mol. The van der Waals surface area contributed by atoms with Gasteiger partial charge < -0.3 is 25.8 Å². The van der Waals surface area contributed by atoms with Crippen LogP contribution < -0.4 is 16.0 Å². The number of anilines is 1. The van der Waals surface area contributed by atoms with Crippen LogP contribution in [0, 0.1) is 0 Å². The third-order valence-electron chi connectivity index (χ3n) is 7.32. The Hall–Kier alpha value is -3.19. The van der Waals surface area contributed by atoms with Gasteiger partial charge in [-0.15, -0.1) is 0 Å². The lowest BCUT2D eigenvalue weighted by Gasteiger charge is -2.25. The fraction of sp³-hybridized carbons (Fsp3) is 0.424. The number of carbonyl (C=O) groups excluding carboxylic acids is 1. The zero-order valence-electron chi connectivity index (χ0n) is 23.5. The minimum Gasteiger partial charge on any atom is -0.390 e. The maximum Gasteiger partial charge on any atom is 0.251 e. The number of fused-ring (bicyclic) bond motifs is 4. The Balaban J connectivity index is 1.53. The molecule has 1 amide bonds. The minimum absolute atomic E-state index is 0.198. The van der Waals surface area contributed by atoms with Crippen molar-refractivity contribution in [1.82, 2.24) is 10.6 Å². The molecule has 208 valence electrons. The quantitative estimate of drug-likeness (QED) is 0.323. The predicted octanol–water partition coefficient (Wildman–Crippen LogP) is 5.20. The highest BCUT2D eigenvalue weighted by molar-refractivity contribution is 5.95. The van der Waals surface area contributed by atoms with Gasteiger partial charge in [0.25, 0.3) is 5.91 Å². The first-order valence-corrected chi connectivity index (χ1v) is 14.1. The van der Waals surface area contributed by atoms with E-state index in [1.54, 1.807) is 7.11 Å². The highest BCUT2D eigenvalue weighted by Gasteiger charge is 2.23. The van der Waals surface area contributed by atoms with Gasteiger partial charge >= 0.3 is 0 Å². The second-order valence-corrected chi connectivity index (χ2v) is 10.9. The molecule has 4 bridgehead atoms. The second-order valence-electron chi connectivity index (χ2n) is 10.9. The lowest BCUT2D eigenvalue weighted by Crippen LogP contribution is -2.48. The number of carbonyl (C=O) groups is 1. The van der Waals surface area contributed by atoms with E-state index in [0.29, 0.717) is 37.6 Å². The zero-order valence-corrected chi connectivity index (χ0v) is 23.5. The van der Waals surface area contributed by atoms with E-state index in [4.69, 9.17) is 4.74 Å². The molecule has 4 N–H and O–H groups in total. The molecule has 6 nitrogen and oxygen atoms in total. The van der Waals surface area contributed by atoms with Crippen LogP contribution in [0.3, 0.4) is 0 Å². The molecule has 6 heteroatoms. The standard InChI is InChI=1S/C33H43N3O3/c1-23(2)28-12-7-11-26(15-28)20-34-21-32(37)31-18-25-10-6-9-24(14-25)8-4-5-13-35-30-17-27(22-39-3)16-29(19-30)33(38)36-31/h6-7,9-12,14-17,19,23,31-32,34-35,37H,4-5,8,13,18,20-22H2,1-3H3,(H,36,38)/t31-,32+/m0/s1. The Morgan fingerprint density at radius 1 is 1.00 bits per heavy atom. The van der Waals surface area contributed by atoms with Gasteiger partial charge in [-0.05, 0) is 77.6 Å². The number of aliphatic hydroxyl groups excluding tert-OH is 1. The van der Waals surface area contributed by atoms with E-state index in [9.17, 15) is 9.90 Å². The zero-order chi connectivity index (χ0) is 27.6. The third-order valence-corrected chi connectivity index (χ3v) is 7.32. The number of nitrogens with one attached hydrogen (secondary N) is 3. The van der Waals surface area contributed by atoms with Crippen LogP contribution in [0.4, 0.5) is 5.69 Å². The number of hydrogen-bond donors (Lipinski definition) is 4. The number of rotatable bonds is 8. The lowest BCUT2D eigenvalue weighted by molar-refractivity contribution is 0.0829. The highest BCUT2D eigenvalue weighted by Crippen LogP contribution is 2.19. The van der Waals surface area contributed by atoms with Gasteiger partial charge in [0.2, 0.25) is 0 Å². The number of benzene rings is 3. The number of aryl methyl sites for hydroxylation is 1. The molecule has 39 heavy (non-hydrogen) atoms. The Morgan fingerprint density at radius 3 is 2.64 bits per heavy atom. The SMILES string of the molecule is COCc1cc2cc(c1)C(=O)N[C@H]([C@H](O)CNCc1cccc(C(C)C)c1)Cc1cccc(c1)CCCCN2. The number of ether oxygens (including phenoxy) is 1. The summed E-state index contributed by atoms with van der Waals surface area (Å²) in [5, 5.41) is 21.3. The van der Waals surface area contributed by atoms with Crippen LogP contribution in [0.15, 0.2) is 66.7 Å². The fourth-order valence-electron chi connectivity index (χ4n) is 5.13. The molecule has 1 heterocycles. The predicted molar refractivity (Wildman–Crippen MR) is 158 cm³/mol. The maximum absolute atomic E-state index is 13.5. The van der Waals surface area contributed by atoms with Crippen LogP contribution in [-0.4, -0.2) is 43.4 Å². The molecule has 1 aliphatic heterocycles. The Bertz CT molecular complexity index is 1230. The van der Waals surface area contributed by atoms with Crippen molar-refractivity contribution in [2.24, 2.45) is 0 Å². The molecular weight excluding hydrogens is 486 g/mol. The normalized spacial score (nSPS) is 17.1. The molecule has 4 rings (SSSR count). The van der Waals surface area contributed by atoms with Gasteiger partial charge in [-0.2, -0.15) is 0 Å². The molecule has 0 spiro atoms. The summed E-state index contributed by atoms with van der Waals surface area (Å²) in [5.41, 5.74) is 7.29. The van der Waals surface area contributed by atoms with Crippen molar-refractivity contribution in [3.63, 3.8) is 0 Å². The van der Waals surface area contributed by atoms with E-state index in [1.807, 2.05) is 18.2 Å². The first-order chi connectivity index (χ1) is 18.9. The largest absolute Gasteiger partial charge is 0.390 e. The van der Waals surface area contributed by atoms with Gasteiger partial charge in [-0.1, -0.05) is 62.4 Å². The van der Waals surface area contributed by atoms with Crippen molar-refractivity contribution < 1.29 is 14.6 Å². The molecule has 0 aliphatic carbocycles. The van der Waals surface area contributed by atoms with Crippen molar-refractivity contribution in [2.45, 2.75) is 70.7 Å². The smallest absolute Gasteiger partial charge is 0.251 e. The van der Waals surface area contributed by atoms with E-state index in [-0.39, 0.29) is 5.91 Å². The molecule has 0 saturated carbocycles. The van der Waals surface area contributed by atoms with E-state index in [0.717, 1.165) is 42.6 Å². The molecule has 3 aromatic rings. The molecule has 0 aromatic heterocycles. The number of hydrogen-bond acceptors (Lipinski definition) is 5. The van der Waals surface area contributed by atoms with Gasteiger partial charge in [0.15, 0.2) is 0 Å². The first kappa shape index (κ1) is 28.8. The summed E-state index contributed by atoms with van der Waals surface area (Å²) < 4.78 is 5.35. The molecule has 0 unspecified atom stereocenters. The van der Waals surface area contributed by atoms with E-state index in [1.165, 1.54) is 16.7 Å². The second kappa shape index (κ2) is 14.3. The van der Waals surface area contributed by atoms with Crippen LogP contribution in [0.25, 0.3) is 0 Å². The van der Waals surface area contributed by atoms with Crippen LogP contribution in [-0.2, 0) is 30.7 Å². The monoisotopic (exact) mass is 529 g/mol. The minimum atomic E-state index is -0.763. The maximum atomic E-state index is 13.5. The number of amides is 1. The van der Waals surface area contributed by atoms with Crippen molar-refractivity contribution in [2.75, 3.05) is 25.5 Å². The van der Waals surface area contributed by atoms with Crippen LogP contribution >= 0.6 is 0 Å². The third kappa shape index (κ3) is 8.65. The van der Waals surface area contributed by atoms with Gasteiger partial charge in [0.05, 0.1) is 18.8 Å². The van der Waals surface area contributed by atoms with Crippen molar-refractivity contribution in [3.05, 3.63) is 100 Å². The van der Waals surface area contributed by atoms with Gasteiger partial charge in [-0.3, -0.25) is 4.79 Å². The molecular formula is C33H43N3O3. The van der Waals surface area contributed by atoms with Crippen LogP contribution in [0.1, 0.15) is 70.8 Å². The molecule has 3 aromatic carbocycles. The van der Waals surface area contributed by atoms with E-state index < -0.39 is 12.1 Å². The summed E-state index contributed by atoms with van der Waals surface area (Å²) in [6.45, 7) is 6.66. The Morgan fingerprint density at radius 2 is 1.82 bits per heavy atom. The lowest BCUT2D eigenvalue weighted by atomic mass is 9.97. The summed E-state index contributed by atoms with van der Waals surface area (Å²) in [5.74, 6) is 0.268. The van der Waals surface area contributed by atoms with Gasteiger partial charge in [0, 0.05) is 38.0 Å². The van der Waals surface area contributed by atoms with Crippen LogP contribution in [0.2, 0.25) is 0 Å². The molecule has 0 radical (unpaired) electrons. The number of aliphatic hydroxyl groups is 1. The van der Waals surface area contributed by atoms with Gasteiger partial charge in [-0.25, -0.2) is 0 Å². The fourth-order valence-corrected chi connectivity index (χ4v) is 5.13. The Labute approximate surface area is 233 Å². The van der Waals surface area contributed by atoms with E-state index >= 15 is 0 Å². The average Bonchev–Trinajstić information content (AvgIpc) is 2.92. The van der Waals surface area contributed by atoms with Crippen molar-refractivity contribution in [3.8, 4) is 0 Å². The van der Waals surface area contributed by atoms with Crippen LogP contribution in [0.5, 0.6) is 0 Å². The van der Waals surface area contributed by atoms with Gasteiger partial charge in [0.1, 0.15) is 0 Å². The molecule has 2 atom stereocenters. The number of methoxy groups -OCH3 is 1. The topological polar surface area (TPSA) is 82.6 Å². The molecule has 0 fully saturated rings. The van der Waals surface area contributed by atoms with E-state index in [2.05, 4.69) is 78.3 Å². The summed E-state index contributed by atoms with van der Waals surface area (Å²) in [6.07, 6.45) is 2.90. The summed E-state index contributed by atoms with van der Waals surface area (Å²) >= 11 is 0. The summed E-state index contributed by atoms with van der Waals surface area (Å²) in [6, 6.07) is 22.4. The highest BCUT2D eigenvalue weighted by atomic mass is 16.5. The van der Waals surface area contributed by atoms with Crippen molar-refractivity contribution >= 4 is 11.6 Å². The van der Waals surface area contributed by atoms with Crippen molar-refractivity contribution in [1.29, 1.82) is 0 Å². The summed E-state index contributed by atoms with van der Waals surface area (Å²) in [7, 11) is 1.65. The summed E-state index contributed by atoms with van der Waals surface area (Å²) in [4.78, 5) is 13.5. The first-order valence-electron chi connectivity index (χ1n) is 14.1. The Kier molecular flexibility index (Phi) is 10.5. The molecule has 0 saturated heterocycles.